The van der Waals surface area contributed by atoms with Gasteiger partial charge in [0.15, 0.2) is 0 Å². The van der Waals surface area contributed by atoms with E-state index in [0.717, 1.165) is 29.1 Å². The maximum absolute atomic E-state index is 5.40. The number of rotatable bonds is 5. The minimum atomic E-state index is 0.437. The zero-order valence-corrected chi connectivity index (χ0v) is 11.8. The Bertz CT molecular complexity index is 548. The zero-order chi connectivity index (χ0) is 13.8. The number of hydrogen-bond donors (Lipinski definition) is 1. The minimum absolute atomic E-state index is 0.437. The van der Waals surface area contributed by atoms with E-state index in [1.54, 1.807) is 18.0 Å². The summed E-state index contributed by atoms with van der Waals surface area (Å²) in [5, 5.41) is 11.3. The van der Waals surface area contributed by atoms with Crippen LogP contribution >= 0.6 is 0 Å². The molecule has 5 heteroatoms. The van der Waals surface area contributed by atoms with Gasteiger partial charge in [0.05, 0.1) is 19.0 Å². The molecule has 0 saturated heterocycles. The Balaban J connectivity index is 2.32. The van der Waals surface area contributed by atoms with Gasteiger partial charge in [0.25, 0.3) is 0 Å². The first-order chi connectivity index (χ1) is 9.11. The Morgan fingerprint density at radius 3 is 2.74 bits per heavy atom. The maximum atomic E-state index is 5.40. The van der Waals surface area contributed by atoms with Gasteiger partial charge in [-0.2, -0.15) is 0 Å². The van der Waals surface area contributed by atoms with Gasteiger partial charge < -0.3 is 10.1 Å². The lowest BCUT2D eigenvalue weighted by Crippen LogP contribution is -2.22. The van der Waals surface area contributed by atoms with Crippen molar-refractivity contribution in [2.45, 2.75) is 26.4 Å². The molecule has 0 radical (unpaired) electrons. The highest BCUT2D eigenvalue weighted by atomic mass is 16.5. The quantitative estimate of drug-likeness (QED) is 0.893. The van der Waals surface area contributed by atoms with Crippen molar-refractivity contribution < 1.29 is 4.74 Å². The summed E-state index contributed by atoms with van der Waals surface area (Å²) < 4.78 is 7.17. The van der Waals surface area contributed by atoms with E-state index in [4.69, 9.17) is 4.74 Å². The van der Waals surface area contributed by atoms with Crippen molar-refractivity contribution in [2.75, 3.05) is 7.11 Å². The summed E-state index contributed by atoms with van der Waals surface area (Å²) >= 11 is 0. The molecule has 1 aromatic carbocycles. The number of ether oxygens (including phenoxy) is 1. The van der Waals surface area contributed by atoms with Crippen LogP contribution in [0.5, 0.6) is 5.75 Å². The fourth-order valence-corrected chi connectivity index (χ4v) is 1.94. The van der Waals surface area contributed by atoms with E-state index in [1.165, 1.54) is 0 Å². The van der Waals surface area contributed by atoms with Crippen LogP contribution in [-0.4, -0.2) is 28.1 Å². The predicted octanol–water partition coefficient (Wildman–Crippen LogP) is 1.99. The van der Waals surface area contributed by atoms with Crippen molar-refractivity contribution >= 4 is 0 Å². The summed E-state index contributed by atoms with van der Waals surface area (Å²) in [7, 11) is 3.58. The number of methoxy groups -OCH3 is 1. The molecule has 0 aliphatic carbocycles. The van der Waals surface area contributed by atoms with Gasteiger partial charge in [-0.15, -0.1) is 5.10 Å². The number of nitrogens with zero attached hydrogens (tertiary/aromatic N) is 3. The summed E-state index contributed by atoms with van der Waals surface area (Å²) in [5.41, 5.74) is 3.22. The molecule has 0 aliphatic heterocycles. The van der Waals surface area contributed by atoms with Crippen molar-refractivity contribution in [3.63, 3.8) is 0 Å². The molecule has 0 atom stereocenters. The van der Waals surface area contributed by atoms with Gasteiger partial charge in [0.2, 0.25) is 0 Å². The first-order valence-corrected chi connectivity index (χ1v) is 6.37. The van der Waals surface area contributed by atoms with Gasteiger partial charge in [-0.1, -0.05) is 19.1 Å². The number of benzene rings is 1. The van der Waals surface area contributed by atoms with E-state index in [0.29, 0.717) is 6.04 Å². The van der Waals surface area contributed by atoms with E-state index < -0.39 is 0 Å². The number of hydrogen-bond acceptors (Lipinski definition) is 4. The monoisotopic (exact) mass is 260 g/mol. The molecule has 2 aromatic rings. The fourth-order valence-electron chi connectivity index (χ4n) is 1.94. The summed E-state index contributed by atoms with van der Waals surface area (Å²) in [4.78, 5) is 0. The van der Waals surface area contributed by atoms with E-state index in [-0.39, 0.29) is 0 Å². The number of aryl methyl sites for hydroxylation is 1. The lowest BCUT2D eigenvalue weighted by Gasteiger charge is -2.13. The van der Waals surface area contributed by atoms with Gasteiger partial charge in [-0.3, -0.25) is 0 Å². The molecule has 5 nitrogen and oxygen atoms in total. The predicted molar refractivity (Wildman–Crippen MR) is 75.0 cm³/mol. The number of nitrogens with one attached hydrogen (secondary N) is 1. The van der Waals surface area contributed by atoms with Crippen molar-refractivity contribution in [1.82, 2.24) is 20.3 Å². The van der Waals surface area contributed by atoms with Crippen LogP contribution in [0.15, 0.2) is 24.4 Å². The second kappa shape index (κ2) is 5.84. The van der Waals surface area contributed by atoms with Gasteiger partial charge >= 0.3 is 0 Å². The van der Waals surface area contributed by atoms with Crippen molar-refractivity contribution in [1.29, 1.82) is 0 Å². The molecule has 19 heavy (non-hydrogen) atoms. The lowest BCUT2D eigenvalue weighted by atomic mass is 10.1. The van der Waals surface area contributed by atoms with Crippen LogP contribution in [0.4, 0.5) is 0 Å². The summed E-state index contributed by atoms with van der Waals surface area (Å²) in [6.07, 6.45) is 1.77. The second-order valence-electron chi connectivity index (χ2n) is 4.81. The third-order valence-corrected chi connectivity index (χ3v) is 2.99. The third kappa shape index (κ3) is 3.12. The molecule has 0 spiro atoms. The SMILES string of the molecule is COc1ccc(-c2cnnn2C)cc1CNC(C)C. The van der Waals surface area contributed by atoms with Gasteiger partial charge in [-0.05, 0) is 18.2 Å². The molecule has 2 rings (SSSR count). The molecule has 0 bridgehead atoms. The Morgan fingerprint density at radius 2 is 2.16 bits per heavy atom. The molecule has 0 aliphatic rings. The normalized spacial score (nSPS) is 11.0. The van der Waals surface area contributed by atoms with E-state index in [9.17, 15) is 0 Å². The molecule has 102 valence electrons. The van der Waals surface area contributed by atoms with Crippen molar-refractivity contribution in [3.8, 4) is 17.0 Å². The van der Waals surface area contributed by atoms with Crippen molar-refractivity contribution in [3.05, 3.63) is 30.0 Å². The highest BCUT2D eigenvalue weighted by Crippen LogP contribution is 2.25. The molecular formula is C14H20N4O. The second-order valence-corrected chi connectivity index (χ2v) is 4.81. The minimum Gasteiger partial charge on any atom is -0.496 e. The average molecular weight is 260 g/mol. The highest BCUT2D eigenvalue weighted by molar-refractivity contribution is 5.61. The average Bonchev–Trinajstić information content (AvgIpc) is 2.82. The highest BCUT2D eigenvalue weighted by Gasteiger charge is 2.09. The first kappa shape index (κ1) is 13.5. The molecular weight excluding hydrogens is 240 g/mol. The fraction of sp³-hybridized carbons (Fsp3) is 0.429. The van der Waals surface area contributed by atoms with Crippen LogP contribution < -0.4 is 10.1 Å². The van der Waals surface area contributed by atoms with Crippen molar-refractivity contribution in [2.24, 2.45) is 7.05 Å². The van der Waals surface area contributed by atoms with Gasteiger partial charge in [0, 0.05) is 30.8 Å². The van der Waals surface area contributed by atoms with Crippen LogP contribution in [0.2, 0.25) is 0 Å². The summed E-state index contributed by atoms with van der Waals surface area (Å²) in [5.74, 6) is 0.895. The Kier molecular flexibility index (Phi) is 4.16. The Hall–Kier alpha value is -1.88. The smallest absolute Gasteiger partial charge is 0.123 e. The topological polar surface area (TPSA) is 52.0 Å². The lowest BCUT2D eigenvalue weighted by molar-refractivity contribution is 0.406. The zero-order valence-electron chi connectivity index (χ0n) is 11.8. The number of aromatic nitrogens is 3. The molecule has 0 fully saturated rings. The molecule has 0 saturated carbocycles. The van der Waals surface area contributed by atoms with E-state index in [2.05, 4.69) is 35.5 Å². The molecule has 1 aromatic heterocycles. The Labute approximate surface area is 113 Å². The summed E-state index contributed by atoms with van der Waals surface area (Å²) in [6, 6.07) is 6.56. The molecule has 1 N–H and O–H groups in total. The van der Waals surface area contributed by atoms with E-state index >= 15 is 0 Å². The van der Waals surface area contributed by atoms with Crippen LogP contribution in [0.3, 0.4) is 0 Å². The molecule has 0 unspecified atom stereocenters. The Morgan fingerprint density at radius 1 is 1.37 bits per heavy atom. The summed E-state index contributed by atoms with van der Waals surface area (Å²) in [6.45, 7) is 5.03. The molecule has 0 amide bonds. The van der Waals surface area contributed by atoms with Crippen LogP contribution in [-0.2, 0) is 13.6 Å². The van der Waals surface area contributed by atoms with Crippen LogP contribution in [0.1, 0.15) is 19.4 Å². The standard InChI is InChI=1S/C14H20N4O/c1-10(2)15-8-12-7-11(5-6-14(12)19-4)13-9-16-17-18(13)3/h5-7,9-10,15H,8H2,1-4H3. The van der Waals surface area contributed by atoms with E-state index in [1.807, 2.05) is 19.2 Å². The molecule has 1 heterocycles. The van der Waals surface area contributed by atoms with Gasteiger partial charge in [-0.25, -0.2) is 4.68 Å². The maximum Gasteiger partial charge on any atom is 0.123 e. The first-order valence-electron chi connectivity index (χ1n) is 6.37. The van der Waals surface area contributed by atoms with Crippen LogP contribution in [0.25, 0.3) is 11.3 Å². The largest absolute Gasteiger partial charge is 0.496 e. The van der Waals surface area contributed by atoms with Crippen LogP contribution in [0, 0.1) is 0 Å². The third-order valence-electron chi connectivity index (χ3n) is 2.99. The van der Waals surface area contributed by atoms with Gasteiger partial charge in [0.1, 0.15) is 5.75 Å².